The van der Waals surface area contributed by atoms with Crippen molar-refractivity contribution in [2.75, 3.05) is 72.4 Å². The molecule has 2 aromatic rings. The summed E-state index contributed by atoms with van der Waals surface area (Å²) in [5.74, 6) is -0.0587. The molecule has 0 atom stereocenters. The van der Waals surface area contributed by atoms with E-state index in [9.17, 15) is 19.2 Å². The van der Waals surface area contributed by atoms with Crippen LogP contribution < -0.4 is 10.6 Å². The van der Waals surface area contributed by atoms with Crippen LogP contribution in [0.15, 0.2) is 48.5 Å². The summed E-state index contributed by atoms with van der Waals surface area (Å²) < 4.78 is 39.2. The molecule has 0 bridgehead atoms. The molecule has 2 rings (SSSR count). The number of ketones is 2. The maximum atomic E-state index is 12.3. The van der Waals surface area contributed by atoms with E-state index >= 15 is 0 Å². The Labute approximate surface area is 375 Å². The van der Waals surface area contributed by atoms with Gasteiger partial charge in [-0.3, -0.25) is 19.2 Å². The SMILES string of the molecule is CCOC(=O)Cc1cccc(CC(=O)CCCNCCC[Si](C)(OCC)OCC)c1.CCOC(=O)Cc1cccc(CC(=O)CCCNCCC[Si](OCC)(OCC)OCC)c1. The van der Waals surface area contributed by atoms with Crippen molar-refractivity contribution in [1.29, 1.82) is 0 Å². The summed E-state index contributed by atoms with van der Waals surface area (Å²) in [7, 11) is -4.59. The third-order valence-corrected chi connectivity index (χ3v) is 15.7. The predicted octanol–water partition coefficient (Wildman–Crippen LogP) is 7.52. The Hall–Kier alpha value is -3.13. The lowest BCUT2D eigenvalue weighted by molar-refractivity contribution is -0.143. The molecule has 2 N–H and O–H groups in total. The molecule has 0 spiro atoms. The fourth-order valence-electron chi connectivity index (χ4n) is 6.92. The van der Waals surface area contributed by atoms with Crippen molar-refractivity contribution in [3.05, 3.63) is 70.8 Å². The quantitative estimate of drug-likeness (QED) is 0.0394. The van der Waals surface area contributed by atoms with Gasteiger partial charge < -0.3 is 42.2 Å². The molecule has 2 aromatic carbocycles. The fraction of sp³-hybridized carbons (Fsp3) is 0.660. The van der Waals surface area contributed by atoms with Gasteiger partial charge in [0.25, 0.3) is 0 Å². The standard InChI is InChI=1S/C24H41NO6Si.C23H39NO5Si/c1-5-28-24(27)20-22-13-9-12-21(18-22)19-23(26)14-10-15-25-16-11-17-32(29-6-2,30-7-3)31-8-4;1-5-27-23(26)19-21-12-8-11-20(17-21)18-22(25)13-9-14-24-15-10-16-30(4,28-6-2)29-7-3/h9,12-13,18,25H,5-8,10-11,14-17,19-20H2,1-4H3;8,11-12,17,24H,5-7,9-10,13-16,18-19H2,1-4H3. The number of Topliss-reactive ketones (excluding diaryl/α,β-unsaturated/α-hetero) is 2. The maximum absolute atomic E-state index is 12.3. The van der Waals surface area contributed by atoms with Gasteiger partial charge in [-0.15, -0.1) is 0 Å². The highest BCUT2D eigenvalue weighted by atomic mass is 28.4. The minimum absolute atomic E-state index is 0.204. The molecule has 0 saturated heterocycles. The first-order chi connectivity index (χ1) is 29.9. The number of benzene rings is 2. The second-order valence-corrected chi connectivity index (χ2v) is 21.0. The number of rotatable bonds is 36. The van der Waals surface area contributed by atoms with Gasteiger partial charge in [-0.05, 0) is 135 Å². The largest absolute Gasteiger partial charge is 0.500 e. The van der Waals surface area contributed by atoms with Crippen LogP contribution in [-0.4, -0.2) is 113 Å². The highest BCUT2D eigenvalue weighted by Gasteiger charge is 2.39. The minimum atomic E-state index is -2.57. The van der Waals surface area contributed by atoms with Crippen LogP contribution in [0.5, 0.6) is 0 Å². The van der Waals surface area contributed by atoms with E-state index in [1.807, 2.05) is 83.1 Å². The van der Waals surface area contributed by atoms with Crippen LogP contribution in [-0.2, 0) is 76.5 Å². The van der Waals surface area contributed by atoms with Gasteiger partial charge in [0, 0.05) is 64.8 Å². The van der Waals surface area contributed by atoms with Gasteiger partial charge >= 0.3 is 29.3 Å². The van der Waals surface area contributed by atoms with Gasteiger partial charge in [0.05, 0.1) is 26.1 Å². The number of hydrogen-bond donors (Lipinski definition) is 2. The molecule has 0 amide bonds. The number of carbonyl (C=O) groups excluding carboxylic acids is 4. The molecule has 0 radical (unpaired) electrons. The van der Waals surface area contributed by atoms with Crippen molar-refractivity contribution >= 4 is 40.9 Å². The first-order valence-corrected chi connectivity index (χ1v) is 27.5. The number of nitrogens with one attached hydrogen (secondary N) is 2. The zero-order valence-electron chi connectivity index (χ0n) is 39.4. The van der Waals surface area contributed by atoms with Crippen molar-refractivity contribution in [2.24, 2.45) is 0 Å². The summed E-state index contributed by atoms with van der Waals surface area (Å²) in [6.07, 6.45) is 5.92. The highest BCUT2D eigenvalue weighted by Crippen LogP contribution is 2.18. The molecule has 62 heavy (non-hydrogen) atoms. The Bertz CT molecular complexity index is 1510. The molecule has 0 aliphatic rings. The molecule has 13 nitrogen and oxygen atoms in total. The van der Waals surface area contributed by atoms with Crippen LogP contribution in [0.1, 0.15) is 109 Å². The molecule has 352 valence electrons. The lowest BCUT2D eigenvalue weighted by Crippen LogP contribution is -2.46. The van der Waals surface area contributed by atoms with E-state index in [1.165, 1.54) is 0 Å². The van der Waals surface area contributed by atoms with E-state index in [2.05, 4.69) is 17.2 Å². The lowest BCUT2D eigenvalue weighted by atomic mass is 10.0. The van der Waals surface area contributed by atoms with Crippen LogP contribution in [0.2, 0.25) is 18.6 Å². The monoisotopic (exact) mass is 905 g/mol. The number of hydrogen-bond acceptors (Lipinski definition) is 13. The predicted molar refractivity (Wildman–Crippen MR) is 250 cm³/mol. The van der Waals surface area contributed by atoms with Gasteiger partial charge in [-0.25, -0.2) is 0 Å². The summed E-state index contributed by atoms with van der Waals surface area (Å²) in [6, 6.07) is 17.0. The smallest absolute Gasteiger partial charge is 0.466 e. The average molecular weight is 905 g/mol. The third kappa shape index (κ3) is 27.1. The number of ether oxygens (including phenoxy) is 2. The Morgan fingerprint density at radius 2 is 0.823 bits per heavy atom. The molecule has 15 heteroatoms. The maximum Gasteiger partial charge on any atom is 0.500 e. The Morgan fingerprint density at radius 3 is 1.19 bits per heavy atom. The van der Waals surface area contributed by atoms with Crippen LogP contribution in [0.3, 0.4) is 0 Å². The van der Waals surface area contributed by atoms with Crippen molar-refractivity contribution in [2.45, 2.75) is 131 Å². The van der Waals surface area contributed by atoms with Gasteiger partial charge in [0.2, 0.25) is 0 Å². The van der Waals surface area contributed by atoms with Crippen molar-refractivity contribution < 1.29 is 50.8 Å². The first kappa shape index (κ1) is 56.9. The molecular formula is C47H80N2O11Si2. The van der Waals surface area contributed by atoms with E-state index in [4.69, 9.17) is 31.6 Å². The number of carbonyl (C=O) groups is 4. The van der Waals surface area contributed by atoms with E-state index in [0.29, 0.717) is 71.9 Å². The van der Waals surface area contributed by atoms with Gasteiger partial charge in [0.15, 0.2) is 0 Å². The molecule has 0 aliphatic heterocycles. The summed E-state index contributed by atoms with van der Waals surface area (Å²) >= 11 is 0. The lowest BCUT2D eigenvalue weighted by Gasteiger charge is -2.28. The average Bonchev–Trinajstić information content (AvgIpc) is 3.21. The summed E-state index contributed by atoms with van der Waals surface area (Å²) in [5, 5.41) is 6.81. The van der Waals surface area contributed by atoms with Gasteiger partial charge in [-0.1, -0.05) is 48.5 Å². The molecular weight excluding hydrogens is 825 g/mol. The zero-order chi connectivity index (χ0) is 45.9. The Balaban J connectivity index is 0.000000621. The summed E-state index contributed by atoms with van der Waals surface area (Å²) in [4.78, 5) is 47.8. The fourth-order valence-corrected chi connectivity index (χ4v) is 11.9. The van der Waals surface area contributed by atoms with Crippen LogP contribution >= 0.6 is 0 Å². The first-order valence-electron chi connectivity index (χ1n) is 23.0. The molecule has 0 aromatic heterocycles. The van der Waals surface area contributed by atoms with E-state index in [1.54, 1.807) is 13.8 Å². The van der Waals surface area contributed by atoms with Crippen LogP contribution in [0.4, 0.5) is 0 Å². The second kappa shape index (κ2) is 35.3. The van der Waals surface area contributed by atoms with E-state index in [-0.39, 0.29) is 36.3 Å². The minimum Gasteiger partial charge on any atom is -0.466 e. The Kier molecular flexibility index (Phi) is 32.3. The van der Waals surface area contributed by atoms with Gasteiger partial charge in [-0.2, -0.15) is 0 Å². The van der Waals surface area contributed by atoms with Gasteiger partial charge in [0.1, 0.15) is 11.6 Å². The summed E-state index contributed by atoms with van der Waals surface area (Å²) in [5.41, 5.74) is 3.65. The van der Waals surface area contributed by atoms with Crippen LogP contribution in [0.25, 0.3) is 0 Å². The molecule has 0 unspecified atom stereocenters. The molecule has 0 aliphatic carbocycles. The second-order valence-electron chi connectivity index (χ2n) is 14.9. The number of esters is 2. The molecule has 0 fully saturated rings. The third-order valence-electron chi connectivity index (χ3n) is 9.52. The topological polar surface area (TPSA) is 157 Å². The normalized spacial score (nSPS) is 11.5. The van der Waals surface area contributed by atoms with E-state index < -0.39 is 17.4 Å². The summed E-state index contributed by atoms with van der Waals surface area (Å²) in [6.45, 7) is 22.9. The van der Waals surface area contributed by atoms with Crippen LogP contribution in [0, 0.1) is 0 Å². The van der Waals surface area contributed by atoms with Crippen molar-refractivity contribution in [3.63, 3.8) is 0 Å². The van der Waals surface area contributed by atoms with Crippen molar-refractivity contribution in [1.82, 2.24) is 10.6 Å². The van der Waals surface area contributed by atoms with Crippen molar-refractivity contribution in [3.8, 4) is 0 Å². The zero-order valence-corrected chi connectivity index (χ0v) is 41.4. The molecule has 0 heterocycles. The highest BCUT2D eigenvalue weighted by molar-refractivity contribution is 6.66. The molecule has 0 saturated carbocycles. The van der Waals surface area contributed by atoms with E-state index in [0.717, 1.165) is 86.2 Å². The Morgan fingerprint density at radius 1 is 0.468 bits per heavy atom.